The van der Waals surface area contributed by atoms with E-state index in [0.717, 1.165) is 11.1 Å². The molecule has 2 aromatic carbocycles. The molecule has 0 aromatic heterocycles. The van der Waals surface area contributed by atoms with Gasteiger partial charge in [0.15, 0.2) is 0 Å². The van der Waals surface area contributed by atoms with Crippen LogP contribution in [0.4, 0.5) is 0 Å². The highest BCUT2D eigenvalue weighted by atomic mass is 32.2. The molecule has 1 atom stereocenters. The third kappa shape index (κ3) is 9.61. The summed E-state index contributed by atoms with van der Waals surface area (Å²) in [5, 5.41) is 0. The molecule has 1 aliphatic rings. The first-order chi connectivity index (χ1) is 17.5. The Kier molecular flexibility index (Phi) is 11.8. The summed E-state index contributed by atoms with van der Waals surface area (Å²) in [6, 6.07) is 14.9. The molecule has 1 fully saturated rings. The minimum atomic E-state index is -3.93. The second-order valence-electron chi connectivity index (χ2n) is 8.45. The lowest BCUT2D eigenvalue weighted by Crippen LogP contribution is -2.51. The number of ether oxygens (including phenoxy) is 4. The topological polar surface area (TPSA) is 103 Å². The van der Waals surface area contributed by atoms with Crippen LogP contribution in [0.15, 0.2) is 59.5 Å². The zero-order valence-electron chi connectivity index (χ0n) is 20.8. The molecular weight excluding hydrogens is 484 g/mol. The Labute approximate surface area is 213 Å². The summed E-state index contributed by atoms with van der Waals surface area (Å²) in [6.07, 6.45) is 0.213. The van der Waals surface area contributed by atoms with Crippen molar-refractivity contribution in [3.8, 4) is 0 Å². The molecular formula is C26H36N2O7S. The van der Waals surface area contributed by atoms with Crippen LogP contribution in [-0.4, -0.2) is 91.2 Å². The third-order valence-electron chi connectivity index (χ3n) is 5.65. The minimum Gasteiger partial charge on any atom is -0.377 e. The number of carbonyl (C=O) groups excluding carboxylic acids is 1. The molecule has 9 nitrogen and oxygen atoms in total. The summed E-state index contributed by atoms with van der Waals surface area (Å²) in [4.78, 5) is 15.4. The van der Waals surface area contributed by atoms with Gasteiger partial charge in [-0.15, -0.1) is 0 Å². The predicted octanol–water partition coefficient (Wildman–Crippen LogP) is 1.79. The highest BCUT2D eigenvalue weighted by Crippen LogP contribution is 2.14. The molecule has 36 heavy (non-hydrogen) atoms. The van der Waals surface area contributed by atoms with Crippen LogP contribution in [-0.2, 0) is 40.2 Å². The molecule has 0 saturated carbocycles. The highest BCUT2D eigenvalue weighted by molar-refractivity contribution is 7.89. The highest BCUT2D eigenvalue weighted by Gasteiger charge is 2.29. The fraction of sp³-hybridized carbons (Fsp3) is 0.500. The van der Waals surface area contributed by atoms with Gasteiger partial charge >= 0.3 is 0 Å². The summed E-state index contributed by atoms with van der Waals surface area (Å²) in [5.74, 6) is -0.335. The number of benzene rings is 2. The van der Waals surface area contributed by atoms with E-state index >= 15 is 0 Å². The summed E-state index contributed by atoms with van der Waals surface area (Å²) in [7, 11) is -3.93. The van der Waals surface area contributed by atoms with Crippen LogP contribution < -0.4 is 4.72 Å². The maximum Gasteiger partial charge on any atom is 0.241 e. The van der Waals surface area contributed by atoms with Crippen LogP contribution in [0.5, 0.6) is 0 Å². The molecule has 1 heterocycles. The number of amides is 1. The van der Waals surface area contributed by atoms with E-state index in [1.54, 1.807) is 17.0 Å². The molecule has 1 aliphatic heterocycles. The molecule has 1 unspecified atom stereocenters. The number of nitrogens with one attached hydrogen (secondary N) is 1. The zero-order valence-corrected chi connectivity index (χ0v) is 21.6. The smallest absolute Gasteiger partial charge is 0.241 e. The van der Waals surface area contributed by atoms with Crippen molar-refractivity contribution in [1.82, 2.24) is 9.62 Å². The van der Waals surface area contributed by atoms with Crippen molar-refractivity contribution in [3.63, 3.8) is 0 Å². The van der Waals surface area contributed by atoms with Crippen molar-refractivity contribution >= 4 is 15.9 Å². The quantitative estimate of drug-likeness (QED) is 0.620. The lowest BCUT2D eigenvalue weighted by molar-refractivity contribution is -0.134. The average molecular weight is 521 g/mol. The second-order valence-corrected chi connectivity index (χ2v) is 10.2. The largest absolute Gasteiger partial charge is 0.377 e. The van der Waals surface area contributed by atoms with Crippen LogP contribution in [0.3, 0.4) is 0 Å². The maximum atomic E-state index is 13.7. The van der Waals surface area contributed by atoms with Crippen LogP contribution in [0.1, 0.15) is 11.1 Å². The number of rotatable bonds is 6. The van der Waals surface area contributed by atoms with Crippen molar-refractivity contribution in [2.75, 3.05) is 65.9 Å². The molecule has 3 rings (SSSR count). The van der Waals surface area contributed by atoms with Crippen molar-refractivity contribution < 1.29 is 32.2 Å². The number of hydrogen-bond donors (Lipinski definition) is 1. The van der Waals surface area contributed by atoms with Crippen LogP contribution in [0, 0.1) is 6.92 Å². The van der Waals surface area contributed by atoms with Gasteiger partial charge in [-0.1, -0.05) is 48.0 Å². The molecule has 0 spiro atoms. The van der Waals surface area contributed by atoms with Gasteiger partial charge < -0.3 is 23.8 Å². The van der Waals surface area contributed by atoms with E-state index in [0.29, 0.717) is 65.9 Å². The van der Waals surface area contributed by atoms with Gasteiger partial charge in [-0.2, -0.15) is 4.72 Å². The monoisotopic (exact) mass is 520 g/mol. The Bertz CT molecular complexity index is 1000. The maximum absolute atomic E-state index is 13.7. The first-order valence-corrected chi connectivity index (χ1v) is 13.7. The summed E-state index contributed by atoms with van der Waals surface area (Å²) < 4.78 is 51.2. The Balaban J connectivity index is 1.76. The van der Waals surface area contributed by atoms with Gasteiger partial charge in [-0.05, 0) is 31.0 Å². The summed E-state index contributed by atoms with van der Waals surface area (Å²) in [5.41, 5.74) is 1.80. The van der Waals surface area contributed by atoms with E-state index < -0.39 is 16.1 Å². The molecule has 198 valence electrons. The molecule has 2 aromatic rings. The van der Waals surface area contributed by atoms with Crippen molar-refractivity contribution in [1.29, 1.82) is 0 Å². The zero-order chi connectivity index (χ0) is 25.6. The Morgan fingerprint density at radius 3 is 1.83 bits per heavy atom. The molecule has 0 bridgehead atoms. The van der Waals surface area contributed by atoms with Crippen LogP contribution in [0.2, 0.25) is 0 Å². The molecule has 0 radical (unpaired) electrons. The van der Waals surface area contributed by atoms with Crippen molar-refractivity contribution in [3.05, 3.63) is 65.7 Å². The number of carbonyl (C=O) groups is 1. The van der Waals surface area contributed by atoms with Gasteiger partial charge in [0.1, 0.15) is 6.04 Å². The van der Waals surface area contributed by atoms with Gasteiger partial charge in [-0.25, -0.2) is 8.42 Å². The van der Waals surface area contributed by atoms with Crippen LogP contribution in [0.25, 0.3) is 0 Å². The lowest BCUT2D eigenvalue weighted by Gasteiger charge is -2.28. The van der Waals surface area contributed by atoms with Gasteiger partial charge in [0.2, 0.25) is 15.9 Å². The minimum absolute atomic E-state index is 0.114. The molecule has 1 N–H and O–H groups in total. The molecule has 1 amide bonds. The number of aryl methyl sites for hydroxylation is 1. The van der Waals surface area contributed by atoms with Gasteiger partial charge in [-0.3, -0.25) is 4.79 Å². The predicted molar refractivity (Wildman–Crippen MR) is 135 cm³/mol. The number of sulfonamides is 1. The Hall–Kier alpha value is -2.34. The lowest BCUT2D eigenvalue weighted by atomic mass is 10.1. The van der Waals surface area contributed by atoms with E-state index in [9.17, 15) is 13.2 Å². The SMILES string of the molecule is Cc1ccc(S(=O)(=O)NC(Cc2ccccc2)C(=O)N2CCOCCOCCOCCOCC2)cc1. The Morgan fingerprint density at radius 2 is 1.31 bits per heavy atom. The van der Waals surface area contributed by atoms with E-state index in [2.05, 4.69) is 4.72 Å². The van der Waals surface area contributed by atoms with Crippen molar-refractivity contribution in [2.24, 2.45) is 0 Å². The summed E-state index contributed by atoms with van der Waals surface area (Å²) in [6.45, 7) is 5.71. The standard InChI is InChI=1S/C26H36N2O7S/c1-22-7-9-24(10-8-22)36(30,31)27-25(21-23-5-3-2-4-6-23)26(29)28-11-13-32-15-17-34-19-20-35-18-16-33-14-12-28/h2-10,25,27H,11-21H2,1H3. The molecule has 10 heteroatoms. The van der Waals surface area contributed by atoms with Gasteiger partial charge in [0, 0.05) is 13.1 Å². The summed E-state index contributed by atoms with van der Waals surface area (Å²) >= 11 is 0. The van der Waals surface area contributed by atoms with E-state index in [-0.39, 0.29) is 17.2 Å². The van der Waals surface area contributed by atoms with Gasteiger partial charge in [0.05, 0.1) is 57.8 Å². The van der Waals surface area contributed by atoms with E-state index in [1.165, 1.54) is 12.1 Å². The second kappa shape index (κ2) is 15.0. The molecule has 0 aliphatic carbocycles. The normalized spacial score (nSPS) is 18.1. The first kappa shape index (κ1) is 28.2. The van der Waals surface area contributed by atoms with Crippen molar-refractivity contribution in [2.45, 2.75) is 24.3 Å². The molecule has 1 saturated heterocycles. The van der Waals surface area contributed by atoms with E-state index in [4.69, 9.17) is 18.9 Å². The third-order valence-corrected chi connectivity index (χ3v) is 7.14. The number of hydrogen-bond acceptors (Lipinski definition) is 7. The van der Waals surface area contributed by atoms with Gasteiger partial charge in [0.25, 0.3) is 0 Å². The van der Waals surface area contributed by atoms with E-state index in [1.807, 2.05) is 37.3 Å². The first-order valence-electron chi connectivity index (χ1n) is 12.2. The fourth-order valence-corrected chi connectivity index (χ4v) is 4.85. The Morgan fingerprint density at radius 1 is 0.806 bits per heavy atom. The van der Waals surface area contributed by atoms with Crippen LogP contribution >= 0.6 is 0 Å². The fourth-order valence-electron chi connectivity index (χ4n) is 3.67. The number of nitrogens with zero attached hydrogens (tertiary/aromatic N) is 1. The average Bonchev–Trinajstić information content (AvgIpc) is 2.88.